The zero-order valence-electron chi connectivity index (χ0n) is 12.5. The third-order valence-corrected chi connectivity index (χ3v) is 3.10. The fourth-order valence-corrected chi connectivity index (χ4v) is 2.20. The summed E-state index contributed by atoms with van der Waals surface area (Å²) in [6.07, 6.45) is -0.531. The molecule has 0 aliphatic carbocycles. The molecular formula is C16H24N2O. The Bertz CT molecular complexity index is 458. The lowest BCUT2D eigenvalue weighted by molar-refractivity contribution is 0.199. The lowest BCUT2D eigenvalue weighted by Crippen LogP contribution is -2.35. The Morgan fingerprint density at radius 2 is 1.84 bits per heavy atom. The summed E-state index contributed by atoms with van der Waals surface area (Å²) in [5.41, 5.74) is 2.49. The third kappa shape index (κ3) is 3.97. The fourth-order valence-electron chi connectivity index (χ4n) is 2.20. The Hall–Kier alpha value is -1.53. The molecule has 104 valence electrons. The van der Waals surface area contributed by atoms with Gasteiger partial charge in [0.25, 0.3) is 0 Å². The Balaban J connectivity index is 3.29. The predicted molar refractivity (Wildman–Crippen MR) is 79.1 cm³/mol. The van der Waals surface area contributed by atoms with Crippen LogP contribution in [-0.2, 0) is 0 Å². The van der Waals surface area contributed by atoms with Crippen molar-refractivity contribution in [3.63, 3.8) is 0 Å². The van der Waals surface area contributed by atoms with Crippen LogP contribution in [0.4, 0.5) is 5.69 Å². The van der Waals surface area contributed by atoms with Crippen molar-refractivity contribution < 1.29 is 5.11 Å². The average Bonchev–Trinajstić information content (AvgIpc) is 2.34. The van der Waals surface area contributed by atoms with Crippen LogP contribution < -0.4 is 4.90 Å². The molecule has 0 fully saturated rings. The van der Waals surface area contributed by atoms with Gasteiger partial charge in [0.15, 0.2) is 0 Å². The normalized spacial score (nSPS) is 12.6. The summed E-state index contributed by atoms with van der Waals surface area (Å²) in [7, 11) is 0. The van der Waals surface area contributed by atoms with Crippen LogP contribution in [0, 0.1) is 17.2 Å². The van der Waals surface area contributed by atoms with Crippen LogP contribution in [0.15, 0.2) is 18.2 Å². The minimum atomic E-state index is -0.531. The van der Waals surface area contributed by atoms with Crippen LogP contribution in [0.1, 0.15) is 51.8 Å². The summed E-state index contributed by atoms with van der Waals surface area (Å²) < 4.78 is 0. The minimum Gasteiger partial charge on any atom is -0.389 e. The maximum absolute atomic E-state index is 9.92. The largest absolute Gasteiger partial charge is 0.389 e. The van der Waals surface area contributed by atoms with Gasteiger partial charge in [-0.3, -0.25) is 0 Å². The predicted octanol–water partition coefficient (Wildman–Crippen LogP) is 3.48. The van der Waals surface area contributed by atoms with E-state index in [4.69, 9.17) is 5.26 Å². The molecule has 1 atom stereocenters. The van der Waals surface area contributed by atoms with E-state index >= 15 is 0 Å². The smallest absolute Gasteiger partial charge is 0.0992 e. The van der Waals surface area contributed by atoms with Crippen LogP contribution in [0.2, 0.25) is 0 Å². The van der Waals surface area contributed by atoms with E-state index in [1.54, 1.807) is 13.0 Å². The summed E-state index contributed by atoms with van der Waals surface area (Å²) in [6.45, 7) is 11.3. The first-order valence-corrected chi connectivity index (χ1v) is 6.85. The number of nitriles is 1. The van der Waals surface area contributed by atoms with E-state index in [2.05, 4.69) is 38.7 Å². The lowest BCUT2D eigenvalue weighted by Gasteiger charge is -2.33. The van der Waals surface area contributed by atoms with E-state index in [1.165, 1.54) is 0 Å². The van der Waals surface area contributed by atoms with Crippen LogP contribution in [0.3, 0.4) is 0 Å². The SMILES string of the molecule is CC(C)CN(c1cc(C#N)ccc1[C@@H](C)O)C(C)C. The molecule has 3 nitrogen and oxygen atoms in total. The maximum Gasteiger partial charge on any atom is 0.0992 e. The minimum absolute atomic E-state index is 0.328. The summed E-state index contributed by atoms with van der Waals surface area (Å²) in [5, 5.41) is 19.0. The Labute approximate surface area is 116 Å². The molecule has 0 unspecified atom stereocenters. The molecule has 0 bridgehead atoms. The van der Waals surface area contributed by atoms with Gasteiger partial charge in [0.05, 0.1) is 17.7 Å². The zero-order valence-corrected chi connectivity index (χ0v) is 12.5. The van der Waals surface area contributed by atoms with Crippen molar-refractivity contribution in [1.29, 1.82) is 5.26 Å². The second kappa shape index (κ2) is 6.58. The van der Waals surface area contributed by atoms with E-state index < -0.39 is 6.10 Å². The number of hydrogen-bond acceptors (Lipinski definition) is 3. The van der Waals surface area contributed by atoms with E-state index in [-0.39, 0.29) is 0 Å². The molecule has 0 saturated carbocycles. The molecule has 0 saturated heterocycles. The quantitative estimate of drug-likeness (QED) is 0.881. The third-order valence-electron chi connectivity index (χ3n) is 3.10. The van der Waals surface area contributed by atoms with Crippen LogP contribution in [-0.4, -0.2) is 17.7 Å². The highest BCUT2D eigenvalue weighted by Crippen LogP contribution is 2.29. The average molecular weight is 260 g/mol. The number of anilines is 1. The fraction of sp³-hybridized carbons (Fsp3) is 0.562. The molecule has 19 heavy (non-hydrogen) atoms. The Kier molecular flexibility index (Phi) is 5.38. The van der Waals surface area contributed by atoms with Gasteiger partial charge in [-0.25, -0.2) is 0 Å². The van der Waals surface area contributed by atoms with Crippen molar-refractivity contribution >= 4 is 5.69 Å². The monoisotopic (exact) mass is 260 g/mol. The maximum atomic E-state index is 9.92. The zero-order chi connectivity index (χ0) is 14.6. The highest BCUT2D eigenvalue weighted by Gasteiger charge is 2.18. The van der Waals surface area contributed by atoms with Crippen molar-refractivity contribution in [2.24, 2.45) is 5.92 Å². The number of rotatable bonds is 5. The van der Waals surface area contributed by atoms with Gasteiger partial charge in [-0.05, 0) is 38.8 Å². The van der Waals surface area contributed by atoms with Gasteiger partial charge < -0.3 is 10.0 Å². The molecule has 0 aromatic heterocycles. The van der Waals surface area contributed by atoms with Gasteiger partial charge in [-0.1, -0.05) is 19.9 Å². The summed E-state index contributed by atoms with van der Waals surface area (Å²) >= 11 is 0. The summed E-state index contributed by atoms with van der Waals surface area (Å²) in [5.74, 6) is 0.523. The molecule has 1 aromatic rings. The molecule has 1 N–H and O–H groups in total. The van der Waals surface area contributed by atoms with Crippen LogP contribution in [0.25, 0.3) is 0 Å². The van der Waals surface area contributed by atoms with Crippen LogP contribution >= 0.6 is 0 Å². The molecular weight excluding hydrogens is 236 g/mol. The van der Waals surface area contributed by atoms with Crippen molar-refractivity contribution in [2.75, 3.05) is 11.4 Å². The molecule has 0 spiro atoms. The molecule has 0 heterocycles. The topological polar surface area (TPSA) is 47.3 Å². The number of hydrogen-bond donors (Lipinski definition) is 1. The summed E-state index contributed by atoms with van der Waals surface area (Å²) in [4.78, 5) is 2.26. The highest BCUT2D eigenvalue weighted by molar-refractivity contribution is 5.59. The van der Waals surface area contributed by atoms with E-state index in [0.717, 1.165) is 17.8 Å². The number of benzene rings is 1. The van der Waals surface area contributed by atoms with E-state index in [0.29, 0.717) is 17.5 Å². The number of nitrogens with zero attached hydrogens (tertiary/aromatic N) is 2. The number of aliphatic hydroxyl groups is 1. The van der Waals surface area contributed by atoms with Crippen molar-refractivity contribution in [3.05, 3.63) is 29.3 Å². The van der Waals surface area contributed by atoms with Gasteiger partial charge in [0, 0.05) is 23.8 Å². The standard InChI is InChI=1S/C16H24N2O/c1-11(2)10-18(12(3)4)16-8-14(9-17)6-7-15(16)13(5)19/h6-8,11-13,19H,10H2,1-5H3/t13-/m1/s1. The molecule has 0 amide bonds. The van der Waals surface area contributed by atoms with Gasteiger partial charge in [-0.15, -0.1) is 0 Å². The second-order valence-electron chi connectivity index (χ2n) is 5.70. The lowest BCUT2D eigenvalue weighted by atomic mass is 10.0. The first-order chi connectivity index (χ1) is 8.86. The van der Waals surface area contributed by atoms with E-state index in [1.807, 2.05) is 12.1 Å². The summed E-state index contributed by atoms with van der Waals surface area (Å²) in [6, 6.07) is 8.00. The first-order valence-electron chi connectivity index (χ1n) is 6.85. The van der Waals surface area contributed by atoms with Crippen molar-refractivity contribution in [3.8, 4) is 6.07 Å². The van der Waals surface area contributed by atoms with Gasteiger partial charge in [0.2, 0.25) is 0 Å². The van der Waals surface area contributed by atoms with E-state index in [9.17, 15) is 5.11 Å². The molecule has 1 rings (SSSR count). The Morgan fingerprint density at radius 3 is 2.26 bits per heavy atom. The molecule has 3 heteroatoms. The van der Waals surface area contributed by atoms with Crippen molar-refractivity contribution in [1.82, 2.24) is 0 Å². The number of aliphatic hydroxyl groups excluding tert-OH is 1. The second-order valence-corrected chi connectivity index (χ2v) is 5.70. The molecule has 0 aliphatic rings. The van der Waals surface area contributed by atoms with Gasteiger partial charge >= 0.3 is 0 Å². The van der Waals surface area contributed by atoms with Gasteiger partial charge in [0.1, 0.15) is 0 Å². The van der Waals surface area contributed by atoms with Crippen LogP contribution in [0.5, 0.6) is 0 Å². The Morgan fingerprint density at radius 1 is 1.21 bits per heavy atom. The molecule has 0 aliphatic heterocycles. The van der Waals surface area contributed by atoms with Crippen molar-refractivity contribution in [2.45, 2.75) is 46.8 Å². The molecule has 0 radical (unpaired) electrons. The first kappa shape index (κ1) is 15.5. The van der Waals surface area contributed by atoms with Gasteiger partial charge in [-0.2, -0.15) is 5.26 Å². The highest BCUT2D eigenvalue weighted by atomic mass is 16.3. The molecule has 1 aromatic carbocycles.